The summed E-state index contributed by atoms with van der Waals surface area (Å²) in [4.78, 5) is 53.2. The number of hydrogen-bond acceptors (Lipinski definition) is 10. The van der Waals surface area contributed by atoms with Gasteiger partial charge in [-0.2, -0.15) is 0 Å². The summed E-state index contributed by atoms with van der Waals surface area (Å²) < 4.78 is 10.5. The van der Waals surface area contributed by atoms with Gasteiger partial charge >= 0.3 is 12.0 Å². The predicted octanol–water partition coefficient (Wildman–Crippen LogP) is 6.54. The summed E-state index contributed by atoms with van der Waals surface area (Å²) in [6, 6.07) is 20.4. The fraction of sp³-hybridized carbons (Fsp3) is 0.410. The van der Waals surface area contributed by atoms with Crippen molar-refractivity contribution in [3.05, 3.63) is 111 Å². The van der Waals surface area contributed by atoms with Crippen LogP contribution in [0.2, 0.25) is 0 Å². The van der Waals surface area contributed by atoms with E-state index in [1.165, 1.54) is 43.5 Å². The van der Waals surface area contributed by atoms with Crippen molar-refractivity contribution in [1.82, 2.24) is 20.4 Å². The van der Waals surface area contributed by atoms with E-state index in [-0.39, 0.29) is 17.2 Å². The molecular weight excluding hydrogens is 697 g/mol. The molecule has 3 N–H and O–H groups in total. The van der Waals surface area contributed by atoms with E-state index in [2.05, 4.69) is 33.0 Å². The Kier molecular flexibility index (Phi) is 13.0. The van der Waals surface area contributed by atoms with Gasteiger partial charge in [0, 0.05) is 42.7 Å². The van der Waals surface area contributed by atoms with Crippen LogP contribution in [0.1, 0.15) is 68.7 Å². The summed E-state index contributed by atoms with van der Waals surface area (Å²) in [7, 11) is 2.90. The molecule has 1 saturated heterocycles. The molecule has 0 aromatic heterocycles. The van der Waals surface area contributed by atoms with Crippen molar-refractivity contribution in [2.45, 2.75) is 62.7 Å². The number of nitrogens with one attached hydrogen (secondary N) is 3. The van der Waals surface area contributed by atoms with Crippen LogP contribution in [-0.4, -0.2) is 78.0 Å². The van der Waals surface area contributed by atoms with Gasteiger partial charge in [-0.15, -0.1) is 11.8 Å². The summed E-state index contributed by atoms with van der Waals surface area (Å²) in [5.41, 5.74) is 4.27. The van der Waals surface area contributed by atoms with E-state index >= 15 is 0 Å². The Balaban J connectivity index is 1.31. The molecule has 3 aromatic rings. The minimum Gasteiger partial charge on any atom is -0.497 e. The minimum absolute atomic E-state index is 0.0881. The van der Waals surface area contributed by atoms with Crippen LogP contribution < -0.4 is 20.7 Å². The van der Waals surface area contributed by atoms with Gasteiger partial charge in [0.25, 0.3) is 5.69 Å². The zero-order valence-electron chi connectivity index (χ0n) is 30.8. The summed E-state index contributed by atoms with van der Waals surface area (Å²) in [6.45, 7) is 8.23. The number of esters is 1. The number of methoxy groups -OCH3 is 2. The molecule has 282 valence electrons. The zero-order chi connectivity index (χ0) is 38.1. The molecule has 5 rings (SSSR count). The number of likely N-dealkylation sites (tertiary alicyclic amines) is 1. The topological polar surface area (TPSA) is 155 Å². The number of urea groups is 1. The number of thioether (sulfide) groups is 1. The molecule has 2 atom stereocenters. The van der Waals surface area contributed by atoms with Crippen molar-refractivity contribution >= 4 is 41.0 Å². The van der Waals surface area contributed by atoms with Crippen molar-refractivity contribution in [3.63, 3.8) is 0 Å². The number of amides is 3. The number of piperidine rings is 1. The molecule has 2 aliphatic heterocycles. The Bertz CT molecular complexity index is 1810. The van der Waals surface area contributed by atoms with Crippen molar-refractivity contribution in [2.75, 3.05) is 45.7 Å². The molecule has 0 radical (unpaired) electrons. The molecule has 0 saturated carbocycles. The number of nitro groups is 1. The van der Waals surface area contributed by atoms with E-state index in [4.69, 9.17) is 9.47 Å². The van der Waals surface area contributed by atoms with Gasteiger partial charge in [0.2, 0.25) is 5.91 Å². The van der Waals surface area contributed by atoms with Crippen molar-refractivity contribution in [2.24, 2.45) is 0 Å². The Labute approximate surface area is 314 Å². The Hall–Kier alpha value is -5.08. The molecule has 53 heavy (non-hydrogen) atoms. The second-order valence-electron chi connectivity index (χ2n) is 13.4. The largest absolute Gasteiger partial charge is 0.497 e. The molecule has 3 aromatic carbocycles. The number of ether oxygens (including phenoxy) is 2. The molecule has 2 heterocycles. The lowest BCUT2D eigenvalue weighted by atomic mass is 9.89. The quantitative estimate of drug-likeness (QED) is 0.0761. The smallest absolute Gasteiger partial charge is 0.337 e. The first-order valence-electron chi connectivity index (χ1n) is 17.7. The van der Waals surface area contributed by atoms with Crippen LogP contribution in [0.3, 0.4) is 0 Å². The number of anilines is 1. The lowest BCUT2D eigenvalue weighted by Crippen LogP contribution is -2.63. The van der Waals surface area contributed by atoms with Gasteiger partial charge in [-0.1, -0.05) is 24.3 Å². The Morgan fingerprint density at radius 1 is 1.02 bits per heavy atom. The van der Waals surface area contributed by atoms with Crippen LogP contribution in [0.4, 0.5) is 16.2 Å². The molecular formula is C39H48N6O7S. The van der Waals surface area contributed by atoms with Gasteiger partial charge in [-0.25, -0.2) is 9.59 Å². The molecule has 0 spiro atoms. The van der Waals surface area contributed by atoms with E-state index in [1.54, 1.807) is 31.1 Å². The number of non-ortho nitro benzene ring substituents is 1. The number of rotatable bonds is 13. The van der Waals surface area contributed by atoms with Gasteiger partial charge < -0.3 is 30.3 Å². The fourth-order valence-corrected chi connectivity index (χ4v) is 8.23. The lowest BCUT2D eigenvalue weighted by molar-refractivity contribution is -0.384. The van der Waals surface area contributed by atoms with Crippen molar-refractivity contribution < 1.29 is 28.8 Å². The number of benzene rings is 3. The number of nitro benzene ring substituents is 1. The first kappa shape index (κ1) is 39.1. The van der Waals surface area contributed by atoms with Crippen LogP contribution in [0.15, 0.2) is 84.1 Å². The van der Waals surface area contributed by atoms with Crippen LogP contribution in [0, 0.1) is 10.1 Å². The predicted molar refractivity (Wildman–Crippen MR) is 205 cm³/mol. The van der Waals surface area contributed by atoms with Crippen LogP contribution in [0.25, 0.3) is 0 Å². The maximum atomic E-state index is 14.4. The summed E-state index contributed by atoms with van der Waals surface area (Å²) in [5.74, 6) is 0.979. The van der Waals surface area contributed by atoms with E-state index in [0.717, 1.165) is 49.5 Å². The highest BCUT2D eigenvalue weighted by Gasteiger charge is 2.49. The Morgan fingerprint density at radius 2 is 1.72 bits per heavy atom. The first-order chi connectivity index (χ1) is 25.4. The molecule has 1 fully saturated rings. The molecule has 14 heteroatoms. The average Bonchev–Trinajstić information content (AvgIpc) is 3.15. The van der Waals surface area contributed by atoms with Gasteiger partial charge in [0.15, 0.2) is 4.99 Å². The first-order valence-corrected chi connectivity index (χ1v) is 18.7. The average molecular weight is 745 g/mol. The fourth-order valence-electron chi connectivity index (χ4n) is 7.03. The number of nitrogens with zero attached hydrogens (tertiary/aromatic N) is 3. The van der Waals surface area contributed by atoms with E-state index < -0.39 is 28.0 Å². The molecule has 13 nitrogen and oxygen atoms in total. The summed E-state index contributed by atoms with van der Waals surface area (Å²) >= 11 is 1.49. The van der Waals surface area contributed by atoms with Gasteiger partial charge in [0.1, 0.15) is 5.75 Å². The van der Waals surface area contributed by atoms with Crippen molar-refractivity contribution in [1.29, 1.82) is 0 Å². The van der Waals surface area contributed by atoms with Gasteiger partial charge in [-0.3, -0.25) is 19.8 Å². The monoisotopic (exact) mass is 744 g/mol. The molecule has 0 bridgehead atoms. The molecule has 2 unspecified atom stereocenters. The normalized spacial score (nSPS) is 19.3. The molecule has 3 amide bonds. The van der Waals surface area contributed by atoms with E-state index in [0.29, 0.717) is 35.9 Å². The SMILES string of the molecule is COC(=O)C1=C(C)NC(C)(SCc2ccc(OC)cc2)N(C(=O)NCCCN2CCC(c3cccc(NC(C)=O)c3)CC2)C1c1ccc([N+](=O)[O-])cc1. The highest BCUT2D eigenvalue weighted by molar-refractivity contribution is 7.99. The third kappa shape index (κ3) is 9.68. The third-order valence-electron chi connectivity index (χ3n) is 9.73. The summed E-state index contributed by atoms with van der Waals surface area (Å²) in [6.07, 6.45) is 2.71. The van der Waals surface area contributed by atoms with Crippen LogP contribution in [0.5, 0.6) is 5.75 Å². The third-order valence-corrected chi connectivity index (χ3v) is 11.1. The second kappa shape index (κ2) is 17.6. The van der Waals surface area contributed by atoms with Gasteiger partial charge in [-0.05, 0) is 112 Å². The standard InChI is InChI=1S/C39H48N6O7S/c1-26-35(37(47)52-5)36(30-12-14-33(15-13-30)45(49)50)44(39(3,42-26)53-25-28-10-16-34(51-4)17-11-28)38(48)40-20-7-21-43-22-18-29(19-23-43)31-8-6-9-32(24-31)41-27(2)46/h6,8-17,24,29,36,42H,7,18-23,25H2,1-5H3,(H,40,48)(H,41,46). The number of allylic oxidation sites excluding steroid dienone is 1. The van der Waals surface area contributed by atoms with Gasteiger partial charge in [0.05, 0.1) is 30.8 Å². The van der Waals surface area contributed by atoms with E-state index in [1.807, 2.05) is 43.3 Å². The Morgan fingerprint density at radius 3 is 2.34 bits per heavy atom. The summed E-state index contributed by atoms with van der Waals surface area (Å²) in [5, 5.41) is 20.9. The number of hydrogen-bond donors (Lipinski definition) is 3. The van der Waals surface area contributed by atoms with Crippen LogP contribution >= 0.6 is 11.8 Å². The molecule has 0 aliphatic carbocycles. The highest BCUT2D eigenvalue weighted by atomic mass is 32.2. The minimum atomic E-state index is -1.04. The van der Waals surface area contributed by atoms with Crippen LogP contribution in [-0.2, 0) is 20.1 Å². The second-order valence-corrected chi connectivity index (χ2v) is 14.8. The maximum Gasteiger partial charge on any atom is 0.337 e. The number of carbonyl (C=O) groups excluding carboxylic acids is 3. The maximum absolute atomic E-state index is 14.4. The number of carbonyl (C=O) groups is 3. The highest BCUT2D eigenvalue weighted by Crippen LogP contribution is 2.45. The molecule has 2 aliphatic rings. The zero-order valence-corrected chi connectivity index (χ0v) is 31.7. The van der Waals surface area contributed by atoms with E-state index in [9.17, 15) is 24.5 Å². The van der Waals surface area contributed by atoms with Crippen molar-refractivity contribution in [3.8, 4) is 5.75 Å². The lowest BCUT2D eigenvalue weighted by Gasteiger charge is -2.50.